The van der Waals surface area contributed by atoms with E-state index in [2.05, 4.69) is 25.2 Å². The van der Waals surface area contributed by atoms with E-state index in [-0.39, 0.29) is 23.8 Å². The number of benzene rings is 1. The van der Waals surface area contributed by atoms with Crippen molar-refractivity contribution in [2.75, 3.05) is 42.9 Å². The molecule has 0 saturated carbocycles. The number of likely N-dealkylation sites (tertiary alicyclic amines) is 1. The highest BCUT2D eigenvalue weighted by molar-refractivity contribution is 6.08. The maximum atomic E-state index is 13.4. The molecule has 4 heterocycles. The van der Waals surface area contributed by atoms with Crippen molar-refractivity contribution in [2.24, 2.45) is 5.41 Å². The van der Waals surface area contributed by atoms with E-state index in [4.69, 9.17) is 0 Å². The lowest BCUT2D eigenvalue weighted by atomic mass is 9.72. The molecule has 2 aliphatic heterocycles. The zero-order valence-electron chi connectivity index (χ0n) is 20.7. The van der Waals surface area contributed by atoms with Crippen LogP contribution in [0.1, 0.15) is 42.9 Å². The number of nitrogens with one attached hydrogen (secondary N) is 1. The SMILES string of the molecule is CC(C)c1ncc(C(=O)Nc2c(-c3ccccc3)ccnc2N2CC3(CN(CC(C)(F)F)C3)C2)cn1. The molecule has 1 aromatic carbocycles. The molecule has 3 aromatic rings. The molecule has 0 bridgehead atoms. The van der Waals surface area contributed by atoms with Crippen molar-refractivity contribution >= 4 is 17.4 Å². The zero-order chi connectivity index (χ0) is 25.5. The Morgan fingerprint density at radius 2 is 1.72 bits per heavy atom. The number of rotatable bonds is 7. The van der Waals surface area contributed by atoms with Gasteiger partial charge in [0.25, 0.3) is 11.8 Å². The van der Waals surface area contributed by atoms with Crippen LogP contribution in [-0.4, -0.2) is 64.4 Å². The van der Waals surface area contributed by atoms with Crippen LogP contribution in [0.4, 0.5) is 20.3 Å². The van der Waals surface area contributed by atoms with Gasteiger partial charge in [0.15, 0.2) is 5.82 Å². The number of halogens is 2. The molecule has 2 aromatic heterocycles. The van der Waals surface area contributed by atoms with E-state index in [1.54, 1.807) is 23.5 Å². The van der Waals surface area contributed by atoms with Crippen LogP contribution in [0.2, 0.25) is 0 Å². The quantitative estimate of drug-likeness (QED) is 0.516. The topological polar surface area (TPSA) is 74.2 Å². The predicted molar refractivity (Wildman–Crippen MR) is 135 cm³/mol. The summed E-state index contributed by atoms with van der Waals surface area (Å²) in [5.41, 5.74) is 2.79. The highest BCUT2D eigenvalue weighted by Crippen LogP contribution is 2.45. The molecule has 188 valence electrons. The van der Waals surface area contributed by atoms with Crippen LogP contribution < -0.4 is 10.2 Å². The Morgan fingerprint density at radius 1 is 1.06 bits per heavy atom. The Labute approximate surface area is 209 Å². The Bertz CT molecular complexity index is 1230. The van der Waals surface area contributed by atoms with Crippen molar-refractivity contribution in [3.05, 3.63) is 66.4 Å². The first-order valence-corrected chi connectivity index (χ1v) is 12.2. The molecule has 36 heavy (non-hydrogen) atoms. The molecule has 9 heteroatoms. The van der Waals surface area contributed by atoms with Crippen LogP contribution in [0.3, 0.4) is 0 Å². The molecule has 7 nitrogen and oxygen atoms in total. The van der Waals surface area contributed by atoms with Gasteiger partial charge in [-0.15, -0.1) is 0 Å². The Balaban J connectivity index is 1.39. The van der Waals surface area contributed by atoms with Gasteiger partial charge in [-0.2, -0.15) is 0 Å². The third kappa shape index (κ3) is 4.93. The first kappa shape index (κ1) is 24.2. The second kappa shape index (κ2) is 9.20. The number of hydrogen-bond acceptors (Lipinski definition) is 6. The normalized spacial score (nSPS) is 17.1. The summed E-state index contributed by atoms with van der Waals surface area (Å²) in [6, 6.07) is 11.7. The fourth-order valence-corrected chi connectivity index (χ4v) is 5.13. The van der Waals surface area contributed by atoms with Crippen LogP contribution in [-0.2, 0) is 0 Å². The van der Waals surface area contributed by atoms with Crippen molar-refractivity contribution in [3.63, 3.8) is 0 Å². The van der Waals surface area contributed by atoms with Gasteiger partial charge >= 0.3 is 0 Å². The summed E-state index contributed by atoms with van der Waals surface area (Å²) >= 11 is 0. The Hall–Kier alpha value is -3.46. The summed E-state index contributed by atoms with van der Waals surface area (Å²) in [4.78, 5) is 30.4. The predicted octanol–water partition coefficient (Wildman–Crippen LogP) is 4.69. The van der Waals surface area contributed by atoms with E-state index in [0.29, 0.717) is 49.1 Å². The summed E-state index contributed by atoms with van der Waals surface area (Å²) in [6.45, 7) is 7.45. The highest BCUT2D eigenvalue weighted by atomic mass is 19.3. The molecule has 2 aliphatic rings. The maximum absolute atomic E-state index is 13.4. The summed E-state index contributed by atoms with van der Waals surface area (Å²) < 4.78 is 26.8. The van der Waals surface area contributed by atoms with Crippen LogP contribution in [0.5, 0.6) is 0 Å². The van der Waals surface area contributed by atoms with E-state index in [9.17, 15) is 13.6 Å². The van der Waals surface area contributed by atoms with Crippen molar-refractivity contribution in [1.82, 2.24) is 19.9 Å². The van der Waals surface area contributed by atoms with Crippen LogP contribution in [0.25, 0.3) is 11.1 Å². The second-order valence-corrected chi connectivity index (χ2v) is 10.4. The third-order valence-corrected chi connectivity index (χ3v) is 6.68. The molecule has 0 atom stereocenters. The minimum atomic E-state index is -2.69. The summed E-state index contributed by atoms with van der Waals surface area (Å²) in [7, 11) is 0. The number of alkyl halides is 2. The minimum Gasteiger partial charge on any atom is -0.353 e. The average molecular weight is 493 g/mol. The first-order chi connectivity index (χ1) is 17.1. The number of hydrogen-bond donors (Lipinski definition) is 1. The van der Waals surface area contributed by atoms with Gasteiger partial charge in [-0.05, 0) is 11.6 Å². The van der Waals surface area contributed by atoms with Gasteiger partial charge in [0, 0.05) is 68.6 Å². The number of amides is 1. The molecule has 0 aliphatic carbocycles. The number of pyridine rings is 1. The highest BCUT2D eigenvalue weighted by Gasteiger charge is 2.53. The minimum absolute atomic E-state index is 0.00250. The number of anilines is 2. The van der Waals surface area contributed by atoms with Crippen LogP contribution in [0, 0.1) is 5.41 Å². The van der Waals surface area contributed by atoms with Crippen molar-refractivity contribution in [1.29, 1.82) is 0 Å². The van der Waals surface area contributed by atoms with E-state index in [0.717, 1.165) is 18.1 Å². The standard InChI is InChI=1S/C27H30F2N6O/c1-18(2)23-31-11-20(12-32-23)25(36)33-22-21(19-7-5-4-6-8-19)9-10-30-24(22)35-16-27(17-35)14-34(15-27)13-26(3,28)29/h4-12,18H,13-17H2,1-3H3,(H,33,36). The smallest absolute Gasteiger partial charge is 0.258 e. The molecule has 1 N–H and O–H groups in total. The van der Waals surface area contributed by atoms with E-state index < -0.39 is 5.92 Å². The van der Waals surface area contributed by atoms with Gasteiger partial charge in [0.2, 0.25) is 0 Å². The summed E-state index contributed by atoms with van der Waals surface area (Å²) in [5, 5.41) is 3.06. The van der Waals surface area contributed by atoms with Crippen LogP contribution in [0.15, 0.2) is 55.0 Å². The second-order valence-electron chi connectivity index (χ2n) is 10.4. The average Bonchev–Trinajstić information content (AvgIpc) is 2.80. The van der Waals surface area contributed by atoms with Gasteiger partial charge < -0.3 is 10.2 Å². The molecule has 0 radical (unpaired) electrons. The van der Waals surface area contributed by atoms with Gasteiger partial charge in [0.1, 0.15) is 5.82 Å². The van der Waals surface area contributed by atoms with Gasteiger partial charge in [-0.25, -0.2) is 23.7 Å². The fraction of sp³-hybridized carbons (Fsp3) is 0.407. The monoisotopic (exact) mass is 492 g/mol. The summed E-state index contributed by atoms with van der Waals surface area (Å²) in [6.07, 6.45) is 4.82. The number of nitrogens with zero attached hydrogens (tertiary/aromatic N) is 5. The van der Waals surface area contributed by atoms with Crippen molar-refractivity contribution in [3.8, 4) is 11.1 Å². The molecule has 2 saturated heterocycles. The lowest BCUT2D eigenvalue weighted by Gasteiger charge is -2.61. The van der Waals surface area contributed by atoms with Crippen molar-refractivity contribution in [2.45, 2.75) is 32.6 Å². The maximum Gasteiger partial charge on any atom is 0.258 e. The van der Waals surface area contributed by atoms with Gasteiger partial charge in [-0.3, -0.25) is 9.69 Å². The Morgan fingerprint density at radius 3 is 2.33 bits per heavy atom. The third-order valence-electron chi connectivity index (χ3n) is 6.68. The van der Waals surface area contributed by atoms with Crippen LogP contribution >= 0.6 is 0 Å². The molecular weight excluding hydrogens is 462 g/mol. The molecule has 2 fully saturated rings. The van der Waals surface area contributed by atoms with Gasteiger partial charge in [0.05, 0.1) is 17.8 Å². The molecule has 1 amide bonds. The molecular formula is C27H30F2N6O. The Kier molecular flexibility index (Phi) is 6.20. The fourth-order valence-electron chi connectivity index (χ4n) is 5.13. The van der Waals surface area contributed by atoms with Crippen molar-refractivity contribution < 1.29 is 13.6 Å². The zero-order valence-corrected chi connectivity index (χ0v) is 20.7. The largest absolute Gasteiger partial charge is 0.353 e. The van der Waals surface area contributed by atoms with Gasteiger partial charge in [-0.1, -0.05) is 44.2 Å². The summed E-state index contributed by atoms with van der Waals surface area (Å²) in [5.74, 6) is -1.48. The van der Waals surface area contributed by atoms with E-state index in [1.165, 1.54) is 0 Å². The molecule has 1 spiro atoms. The number of carbonyl (C=O) groups excluding carboxylic acids is 1. The number of carbonyl (C=O) groups is 1. The molecule has 0 unspecified atom stereocenters. The molecule has 5 rings (SSSR count). The first-order valence-electron chi connectivity index (χ1n) is 12.2. The lowest BCUT2D eigenvalue weighted by molar-refractivity contribution is -0.0883. The van der Waals surface area contributed by atoms with E-state index >= 15 is 0 Å². The lowest BCUT2D eigenvalue weighted by Crippen LogP contribution is -2.73. The van der Waals surface area contributed by atoms with E-state index in [1.807, 2.05) is 50.2 Å². The number of aromatic nitrogens is 3.